The number of hydrogen-bond donors (Lipinski definition) is 2. The Labute approximate surface area is 106 Å². The molecule has 0 saturated carbocycles. The topological polar surface area (TPSA) is 50.9 Å². The fourth-order valence-electron chi connectivity index (χ4n) is 1.82. The van der Waals surface area contributed by atoms with Crippen molar-refractivity contribution in [3.8, 4) is 0 Å². The summed E-state index contributed by atoms with van der Waals surface area (Å²) in [4.78, 5) is 5.43. The molecule has 2 rings (SSSR count). The number of aromatic nitrogens is 1. The van der Waals surface area contributed by atoms with Crippen LogP contribution in [0.1, 0.15) is 16.9 Å². The van der Waals surface area contributed by atoms with Crippen LogP contribution in [-0.4, -0.2) is 11.0 Å². The summed E-state index contributed by atoms with van der Waals surface area (Å²) in [6, 6.07) is 8.66. The molecule has 0 aromatic carbocycles. The zero-order chi connectivity index (χ0) is 11.9. The molecule has 0 fully saturated rings. The van der Waals surface area contributed by atoms with Crippen LogP contribution in [0, 0.1) is 0 Å². The average molecular weight is 247 g/mol. The third-order valence-corrected chi connectivity index (χ3v) is 3.72. The lowest BCUT2D eigenvalue weighted by Gasteiger charge is -2.15. The van der Waals surface area contributed by atoms with Gasteiger partial charge in [-0.2, -0.15) is 0 Å². The molecule has 0 amide bonds. The highest BCUT2D eigenvalue weighted by atomic mass is 32.1. The molecular formula is C13H17N3S. The number of nitrogens with one attached hydrogen (secondary N) is 1. The summed E-state index contributed by atoms with van der Waals surface area (Å²) in [5.74, 6) is 5.60. The van der Waals surface area contributed by atoms with Crippen LogP contribution < -0.4 is 11.3 Å². The predicted octanol–water partition coefficient (Wildman–Crippen LogP) is 2.15. The Hall–Kier alpha value is -1.23. The number of pyridine rings is 1. The van der Waals surface area contributed by atoms with Crippen LogP contribution >= 0.6 is 11.3 Å². The summed E-state index contributed by atoms with van der Waals surface area (Å²) in [5.41, 5.74) is 4.17. The largest absolute Gasteiger partial charge is 0.271 e. The molecule has 0 aliphatic heterocycles. The number of aryl methyl sites for hydroxylation is 1. The monoisotopic (exact) mass is 247 g/mol. The lowest BCUT2D eigenvalue weighted by Crippen LogP contribution is -2.37. The quantitative estimate of drug-likeness (QED) is 0.607. The Balaban J connectivity index is 1.85. The minimum atomic E-state index is 0.319. The summed E-state index contributed by atoms with van der Waals surface area (Å²) in [6.07, 6.45) is 6.73. The molecule has 90 valence electrons. The molecule has 2 aromatic rings. The van der Waals surface area contributed by atoms with E-state index < -0.39 is 0 Å². The van der Waals surface area contributed by atoms with Gasteiger partial charge in [0.05, 0.1) is 0 Å². The van der Waals surface area contributed by atoms with Gasteiger partial charge in [0, 0.05) is 23.3 Å². The second-order valence-electron chi connectivity index (χ2n) is 4.04. The summed E-state index contributed by atoms with van der Waals surface area (Å²) < 4.78 is 0. The van der Waals surface area contributed by atoms with Crippen LogP contribution in [0.15, 0.2) is 42.0 Å². The van der Waals surface area contributed by atoms with Crippen molar-refractivity contribution in [2.24, 2.45) is 5.84 Å². The molecule has 0 saturated heterocycles. The third kappa shape index (κ3) is 3.93. The van der Waals surface area contributed by atoms with Gasteiger partial charge in [-0.1, -0.05) is 6.07 Å². The van der Waals surface area contributed by atoms with E-state index in [9.17, 15) is 0 Å². The minimum Gasteiger partial charge on any atom is -0.271 e. The Morgan fingerprint density at radius 1 is 1.29 bits per heavy atom. The van der Waals surface area contributed by atoms with Gasteiger partial charge < -0.3 is 0 Å². The van der Waals surface area contributed by atoms with E-state index in [0.29, 0.717) is 6.04 Å². The summed E-state index contributed by atoms with van der Waals surface area (Å²) in [5, 5.41) is 2.11. The molecule has 0 spiro atoms. The van der Waals surface area contributed by atoms with Crippen molar-refractivity contribution in [3.63, 3.8) is 0 Å². The van der Waals surface area contributed by atoms with Crippen LogP contribution in [0.5, 0.6) is 0 Å². The Bertz CT molecular complexity index is 413. The van der Waals surface area contributed by atoms with Crippen LogP contribution in [0.25, 0.3) is 0 Å². The molecule has 3 N–H and O–H groups in total. The van der Waals surface area contributed by atoms with Crippen molar-refractivity contribution < 1.29 is 0 Å². The first-order chi connectivity index (χ1) is 8.38. The molecule has 3 nitrogen and oxygen atoms in total. The molecule has 0 radical (unpaired) electrons. The number of hydrazine groups is 1. The van der Waals surface area contributed by atoms with Crippen LogP contribution in [0.4, 0.5) is 0 Å². The molecule has 0 aliphatic rings. The van der Waals surface area contributed by atoms with Gasteiger partial charge in [-0.05, 0) is 48.4 Å². The maximum Gasteiger partial charge on any atom is 0.0270 e. The smallest absolute Gasteiger partial charge is 0.0270 e. The average Bonchev–Trinajstić information content (AvgIpc) is 2.89. The summed E-state index contributed by atoms with van der Waals surface area (Å²) in [6.45, 7) is 0. The van der Waals surface area contributed by atoms with Crippen LogP contribution in [0.2, 0.25) is 0 Å². The SMILES string of the molecule is NNC(CCc1cccs1)Cc1ccncc1. The van der Waals surface area contributed by atoms with E-state index in [1.165, 1.54) is 10.4 Å². The molecule has 4 heteroatoms. The van der Waals surface area contributed by atoms with Gasteiger partial charge in [-0.25, -0.2) is 0 Å². The highest BCUT2D eigenvalue weighted by Crippen LogP contribution is 2.13. The molecule has 2 aromatic heterocycles. The predicted molar refractivity (Wildman–Crippen MR) is 71.7 cm³/mol. The lowest BCUT2D eigenvalue weighted by molar-refractivity contribution is 0.493. The fraction of sp³-hybridized carbons (Fsp3) is 0.308. The van der Waals surface area contributed by atoms with E-state index >= 15 is 0 Å². The normalized spacial score (nSPS) is 12.5. The van der Waals surface area contributed by atoms with Gasteiger partial charge in [-0.15, -0.1) is 11.3 Å². The van der Waals surface area contributed by atoms with Crippen LogP contribution in [-0.2, 0) is 12.8 Å². The van der Waals surface area contributed by atoms with Crippen molar-refractivity contribution in [1.29, 1.82) is 0 Å². The van der Waals surface area contributed by atoms with E-state index in [1.54, 1.807) is 11.3 Å². The second-order valence-corrected chi connectivity index (χ2v) is 5.07. The maximum atomic E-state index is 5.60. The fourth-order valence-corrected chi connectivity index (χ4v) is 2.54. The van der Waals surface area contributed by atoms with Gasteiger partial charge in [0.2, 0.25) is 0 Å². The first-order valence-corrected chi connectivity index (χ1v) is 6.64. The molecular weight excluding hydrogens is 230 g/mol. The third-order valence-electron chi connectivity index (χ3n) is 2.79. The first-order valence-electron chi connectivity index (χ1n) is 5.76. The van der Waals surface area contributed by atoms with Crippen molar-refractivity contribution in [1.82, 2.24) is 10.4 Å². The van der Waals surface area contributed by atoms with Crippen molar-refractivity contribution >= 4 is 11.3 Å². The van der Waals surface area contributed by atoms with E-state index in [-0.39, 0.29) is 0 Å². The van der Waals surface area contributed by atoms with Gasteiger partial charge in [0.1, 0.15) is 0 Å². The summed E-state index contributed by atoms with van der Waals surface area (Å²) in [7, 11) is 0. The minimum absolute atomic E-state index is 0.319. The number of nitrogens with zero attached hydrogens (tertiary/aromatic N) is 1. The van der Waals surface area contributed by atoms with Gasteiger partial charge in [0.25, 0.3) is 0 Å². The zero-order valence-electron chi connectivity index (χ0n) is 9.67. The standard InChI is InChI=1S/C13H17N3S/c14-16-12(3-4-13-2-1-9-17-13)10-11-5-7-15-8-6-11/h1-2,5-9,12,16H,3-4,10,14H2. The van der Waals surface area contributed by atoms with Crippen molar-refractivity contribution in [3.05, 3.63) is 52.5 Å². The molecule has 1 unspecified atom stereocenters. The molecule has 1 atom stereocenters. The van der Waals surface area contributed by atoms with E-state index in [2.05, 4.69) is 27.9 Å². The number of rotatable bonds is 6. The lowest BCUT2D eigenvalue weighted by atomic mass is 10.0. The Kier molecular flexibility index (Phi) is 4.67. The van der Waals surface area contributed by atoms with E-state index in [0.717, 1.165) is 19.3 Å². The molecule has 2 heterocycles. The zero-order valence-corrected chi connectivity index (χ0v) is 10.5. The number of hydrogen-bond acceptors (Lipinski definition) is 4. The second kappa shape index (κ2) is 6.49. The first kappa shape index (κ1) is 12.2. The van der Waals surface area contributed by atoms with Gasteiger partial charge in [0.15, 0.2) is 0 Å². The van der Waals surface area contributed by atoms with E-state index in [4.69, 9.17) is 5.84 Å². The summed E-state index contributed by atoms with van der Waals surface area (Å²) >= 11 is 1.80. The molecule has 17 heavy (non-hydrogen) atoms. The van der Waals surface area contributed by atoms with Crippen molar-refractivity contribution in [2.45, 2.75) is 25.3 Å². The number of nitrogens with two attached hydrogens (primary N) is 1. The van der Waals surface area contributed by atoms with Gasteiger partial charge in [-0.3, -0.25) is 16.3 Å². The Morgan fingerprint density at radius 2 is 2.12 bits per heavy atom. The van der Waals surface area contributed by atoms with Gasteiger partial charge >= 0.3 is 0 Å². The highest BCUT2D eigenvalue weighted by molar-refractivity contribution is 7.09. The molecule has 0 aliphatic carbocycles. The number of thiophene rings is 1. The van der Waals surface area contributed by atoms with Crippen molar-refractivity contribution in [2.75, 3.05) is 0 Å². The van der Waals surface area contributed by atoms with E-state index in [1.807, 2.05) is 24.5 Å². The maximum absolute atomic E-state index is 5.60. The van der Waals surface area contributed by atoms with Crippen LogP contribution in [0.3, 0.4) is 0 Å². The highest BCUT2D eigenvalue weighted by Gasteiger charge is 2.08. The molecule has 0 bridgehead atoms. The Morgan fingerprint density at radius 3 is 2.76 bits per heavy atom.